The number of aromatic nitrogens is 3. The van der Waals surface area contributed by atoms with Gasteiger partial charge in [0.05, 0.1) is 17.3 Å². The number of halogens is 6. The van der Waals surface area contributed by atoms with E-state index in [0.29, 0.717) is 11.3 Å². The molecule has 0 aliphatic carbocycles. The van der Waals surface area contributed by atoms with Crippen LogP contribution in [-0.2, 0) is 12.4 Å². The number of aryl methyl sites for hydroxylation is 1. The molecule has 3 aromatic rings. The number of rotatable bonds is 2. The Bertz CT molecular complexity index is 931. The molecule has 4 nitrogen and oxygen atoms in total. The fourth-order valence-electron chi connectivity index (χ4n) is 2.10. The maximum atomic E-state index is 12.8. The Morgan fingerprint density at radius 3 is 2.32 bits per heavy atom. The van der Waals surface area contributed by atoms with Gasteiger partial charge < -0.3 is 5.32 Å². The number of anilines is 2. The van der Waals surface area contributed by atoms with Crippen LogP contribution in [0.4, 0.5) is 37.2 Å². The summed E-state index contributed by atoms with van der Waals surface area (Å²) in [6, 6.07) is 2.90. The van der Waals surface area contributed by atoms with Gasteiger partial charge in [0.1, 0.15) is 16.6 Å². The summed E-state index contributed by atoms with van der Waals surface area (Å²) < 4.78 is 76.2. The van der Waals surface area contributed by atoms with Crippen LogP contribution in [0, 0.1) is 6.92 Å². The minimum absolute atomic E-state index is 0.0328. The first kappa shape index (κ1) is 17.4. The second-order valence-corrected chi connectivity index (χ2v) is 6.03. The molecule has 132 valence electrons. The number of nitrogens with zero attached hydrogens (tertiary/aromatic N) is 3. The number of thiazole rings is 1. The molecular formula is C14H8F6N4S. The summed E-state index contributed by atoms with van der Waals surface area (Å²) in [6.07, 6.45) is -8.11. The van der Waals surface area contributed by atoms with Gasteiger partial charge in [-0.25, -0.2) is 15.0 Å². The summed E-state index contributed by atoms with van der Waals surface area (Å²) in [5, 5.41) is 1.94. The van der Waals surface area contributed by atoms with Crippen molar-refractivity contribution in [1.29, 1.82) is 0 Å². The van der Waals surface area contributed by atoms with Gasteiger partial charge >= 0.3 is 12.4 Å². The molecule has 1 N–H and O–H groups in total. The largest absolute Gasteiger partial charge is 0.443 e. The van der Waals surface area contributed by atoms with E-state index in [0.717, 1.165) is 18.3 Å². The van der Waals surface area contributed by atoms with E-state index in [9.17, 15) is 26.3 Å². The summed E-state index contributed by atoms with van der Waals surface area (Å²) in [6.45, 7) is 1.47. The van der Waals surface area contributed by atoms with E-state index < -0.39 is 22.9 Å². The van der Waals surface area contributed by atoms with Crippen molar-refractivity contribution >= 4 is 33.1 Å². The van der Waals surface area contributed by atoms with Crippen LogP contribution in [0.15, 0.2) is 24.4 Å². The highest BCUT2D eigenvalue weighted by Gasteiger charge is 2.35. The van der Waals surface area contributed by atoms with Gasteiger partial charge in [-0.1, -0.05) is 11.3 Å². The summed E-state index contributed by atoms with van der Waals surface area (Å²) in [4.78, 5) is 11.3. The van der Waals surface area contributed by atoms with Crippen LogP contribution >= 0.6 is 11.3 Å². The van der Waals surface area contributed by atoms with Gasteiger partial charge in [0.2, 0.25) is 0 Å². The minimum Gasteiger partial charge on any atom is -0.330 e. The quantitative estimate of drug-likeness (QED) is 0.625. The number of hydrogen-bond acceptors (Lipinski definition) is 5. The minimum atomic E-state index is -4.57. The number of fused-ring (bicyclic) bond motifs is 1. The first-order chi connectivity index (χ1) is 11.5. The van der Waals surface area contributed by atoms with Gasteiger partial charge in [-0.15, -0.1) is 0 Å². The third kappa shape index (κ3) is 3.65. The molecule has 0 saturated heterocycles. The molecule has 1 aromatic carbocycles. The normalized spacial score (nSPS) is 12.6. The van der Waals surface area contributed by atoms with Crippen molar-refractivity contribution in [3.63, 3.8) is 0 Å². The molecular weight excluding hydrogens is 370 g/mol. The predicted molar refractivity (Wildman–Crippen MR) is 79.7 cm³/mol. The van der Waals surface area contributed by atoms with Crippen molar-refractivity contribution in [2.45, 2.75) is 19.3 Å². The van der Waals surface area contributed by atoms with Crippen molar-refractivity contribution in [3.8, 4) is 0 Å². The molecule has 0 spiro atoms. The Kier molecular flexibility index (Phi) is 4.06. The first-order valence-electron chi connectivity index (χ1n) is 6.70. The second kappa shape index (κ2) is 5.83. The molecule has 0 saturated carbocycles. The average molecular weight is 378 g/mol. The number of benzene rings is 1. The summed E-state index contributed by atoms with van der Waals surface area (Å²) in [7, 11) is 0. The zero-order valence-electron chi connectivity index (χ0n) is 12.3. The molecule has 0 aliphatic heterocycles. The lowest BCUT2D eigenvalue weighted by molar-refractivity contribution is -0.138. The summed E-state index contributed by atoms with van der Waals surface area (Å²) in [5.74, 6) is 0.281. The Hall–Kier alpha value is -2.43. The van der Waals surface area contributed by atoms with Crippen molar-refractivity contribution in [2.24, 2.45) is 0 Å². The highest BCUT2D eigenvalue weighted by molar-refractivity contribution is 7.15. The lowest BCUT2D eigenvalue weighted by Gasteiger charge is -2.11. The molecule has 0 radical (unpaired) electrons. The zero-order valence-corrected chi connectivity index (χ0v) is 13.1. The summed E-state index contributed by atoms with van der Waals surface area (Å²) >= 11 is 0.369. The van der Waals surface area contributed by atoms with Gasteiger partial charge in [-0.05, 0) is 25.1 Å². The van der Waals surface area contributed by atoms with E-state index >= 15 is 0 Å². The Balaban J connectivity index is 2.03. The van der Waals surface area contributed by atoms with E-state index in [1.54, 1.807) is 0 Å². The fraction of sp³-hybridized carbons (Fsp3) is 0.214. The third-order valence-electron chi connectivity index (χ3n) is 3.13. The van der Waals surface area contributed by atoms with Crippen molar-refractivity contribution in [3.05, 3.63) is 40.8 Å². The van der Waals surface area contributed by atoms with Crippen LogP contribution in [-0.4, -0.2) is 15.0 Å². The average Bonchev–Trinajstić information content (AvgIpc) is 2.94. The van der Waals surface area contributed by atoms with E-state index in [2.05, 4.69) is 20.3 Å². The van der Waals surface area contributed by atoms with Gasteiger partial charge in [0, 0.05) is 5.39 Å². The van der Waals surface area contributed by atoms with Crippen LogP contribution in [0.2, 0.25) is 0 Å². The van der Waals surface area contributed by atoms with Gasteiger partial charge in [0.25, 0.3) is 0 Å². The van der Waals surface area contributed by atoms with Crippen molar-refractivity contribution in [2.75, 3.05) is 5.32 Å². The van der Waals surface area contributed by atoms with E-state index in [4.69, 9.17) is 0 Å². The molecule has 0 unspecified atom stereocenters. The molecule has 3 rings (SSSR count). The smallest absolute Gasteiger partial charge is 0.330 e. The van der Waals surface area contributed by atoms with Crippen LogP contribution in [0.3, 0.4) is 0 Å². The SMILES string of the molecule is Cc1nc(Nc2cnc(C(F)(F)F)s2)c2ccc(C(F)(F)F)cc2n1. The zero-order chi connectivity index (χ0) is 18.4. The Labute approximate surface area is 140 Å². The van der Waals surface area contributed by atoms with E-state index in [1.165, 1.54) is 13.0 Å². The topological polar surface area (TPSA) is 50.7 Å². The Morgan fingerprint density at radius 1 is 1.00 bits per heavy atom. The number of alkyl halides is 6. The molecule has 0 fully saturated rings. The monoisotopic (exact) mass is 378 g/mol. The van der Waals surface area contributed by atoms with Gasteiger partial charge in [-0.3, -0.25) is 0 Å². The first-order valence-corrected chi connectivity index (χ1v) is 7.51. The molecule has 0 amide bonds. The number of nitrogens with one attached hydrogen (secondary N) is 1. The molecule has 0 atom stereocenters. The summed E-state index contributed by atoms with van der Waals surface area (Å²) in [5.41, 5.74) is -0.841. The predicted octanol–water partition coefficient (Wildman–Crippen LogP) is 5.18. The van der Waals surface area contributed by atoms with E-state index in [-0.39, 0.29) is 27.5 Å². The molecule has 0 bridgehead atoms. The second-order valence-electron chi connectivity index (χ2n) is 5.00. The maximum Gasteiger partial charge on any atom is 0.443 e. The molecule has 0 aliphatic rings. The van der Waals surface area contributed by atoms with Crippen LogP contribution in [0.5, 0.6) is 0 Å². The number of hydrogen-bond donors (Lipinski definition) is 1. The highest BCUT2D eigenvalue weighted by Crippen LogP contribution is 2.37. The van der Waals surface area contributed by atoms with Gasteiger partial charge in [-0.2, -0.15) is 26.3 Å². The maximum absolute atomic E-state index is 12.8. The van der Waals surface area contributed by atoms with Crippen molar-refractivity contribution < 1.29 is 26.3 Å². The molecule has 2 heterocycles. The van der Waals surface area contributed by atoms with Crippen molar-refractivity contribution in [1.82, 2.24) is 15.0 Å². The standard InChI is InChI=1S/C14H8F6N4S/c1-6-22-9-4-7(13(15,16)17)2-3-8(9)11(23-6)24-10-5-21-12(25-10)14(18,19)20/h2-5H,1H3,(H,22,23,24). The molecule has 2 aromatic heterocycles. The lowest BCUT2D eigenvalue weighted by atomic mass is 10.1. The van der Waals surface area contributed by atoms with Crippen LogP contribution in [0.25, 0.3) is 10.9 Å². The van der Waals surface area contributed by atoms with E-state index in [1.807, 2.05) is 0 Å². The third-order valence-corrected chi connectivity index (χ3v) is 4.08. The van der Waals surface area contributed by atoms with Gasteiger partial charge in [0.15, 0.2) is 5.01 Å². The highest BCUT2D eigenvalue weighted by atomic mass is 32.1. The molecule has 11 heteroatoms. The fourth-order valence-corrected chi connectivity index (χ4v) is 2.78. The lowest BCUT2D eigenvalue weighted by Crippen LogP contribution is -2.05. The Morgan fingerprint density at radius 2 is 1.72 bits per heavy atom. The molecule has 25 heavy (non-hydrogen) atoms. The van der Waals surface area contributed by atoms with Crippen LogP contribution in [0.1, 0.15) is 16.4 Å². The van der Waals surface area contributed by atoms with Crippen LogP contribution < -0.4 is 5.32 Å².